The molecule has 1 unspecified atom stereocenters. The zero-order chi connectivity index (χ0) is 12.4. The summed E-state index contributed by atoms with van der Waals surface area (Å²) in [6.45, 7) is 9.99. The molecule has 0 aliphatic carbocycles. The van der Waals surface area contributed by atoms with Crippen molar-refractivity contribution < 1.29 is 4.79 Å². The van der Waals surface area contributed by atoms with Crippen molar-refractivity contribution >= 4 is 5.91 Å². The van der Waals surface area contributed by atoms with Gasteiger partial charge in [-0.1, -0.05) is 13.8 Å². The maximum atomic E-state index is 11.5. The highest BCUT2D eigenvalue weighted by Gasteiger charge is 2.09. The first-order valence-electron chi connectivity index (χ1n) is 6.35. The third-order valence-electron chi connectivity index (χ3n) is 2.69. The number of nitrogens with one attached hydrogen (secondary N) is 1. The quantitative estimate of drug-likeness (QED) is 0.579. The Morgan fingerprint density at radius 1 is 1.31 bits per heavy atom. The number of rotatable bonds is 9. The Kier molecular flexibility index (Phi) is 9.24. The van der Waals surface area contributed by atoms with Gasteiger partial charge >= 0.3 is 0 Å². The van der Waals surface area contributed by atoms with Crippen molar-refractivity contribution in [1.82, 2.24) is 10.2 Å². The highest BCUT2D eigenvalue weighted by Crippen LogP contribution is 1.96. The number of hydrogen-bond donors (Lipinski definition) is 2. The summed E-state index contributed by atoms with van der Waals surface area (Å²) in [5.74, 6) is 0.146. The predicted octanol–water partition coefficient (Wildman–Crippen LogP) is 0.962. The molecule has 0 aliphatic rings. The minimum atomic E-state index is 0.146. The van der Waals surface area contributed by atoms with Crippen LogP contribution in [0.2, 0.25) is 0 Å². The van der Waals surface area contributed by atoms with Crippen LogP contribution in [0.15, 0.2) is 0 Å². The van der Waals surface area contributed by atoms with E-state index in [0.717, 1.165) is 32.5 Å². The third kappa shape index (κ3) is 7.65. The molecule has 0 bridgehead atoms. The number of carbonyl (C=O) groups is 1. The first-order valence-corrected chi connectivity index (χ1v) is 6.35. The number of nitrogens with two attached hydrogens (primary N) is 1. The SMILES string of the molecule is CCN(CC)CC(C)NC(=O)CCCCN. The largest absolute Gasteiger partial charge is 0.352 e. The second kappa shape index (κ2) is 9.60. The van der Waals surface area contributed by atoms with Crippen molar-refractivity contribution in [2.45, 2.75) is 46.1 Å². The van der Waals surface area contributed by atoms with E-state index in [-0.39, 0.29) is 11.9 Å². The lowest BCUT2D eigenvalue weighted by atomic mass is 10.2. The average molecular weight is 229 g/mol. The van der Waals surface area contributed by atoms with Gasteiger partial charge < -0.3 is 16.0 Å². The Balaban J connectivity index is 3.68. The molecular formula is C12H27N3O. The van der Waals surface area contributed by atoms with E-state index in [1.165, 1.54) is 0 Å². The molecular weight excluding hydrogens is 202 g/mol. The van der Waals surface area contributed by atoms with Gasteiger partial charge in [0.25, 0.3) is 0 Å². The van der Waals surface area contributed by atoms with Crippen LogP contribution < -0.4 is 11.1 Å². The molecule has 0 aromatic heterocycles. The van der Waals surface area contributed by atoms with E-state index in [1.807, 2.05) is 0 Å². The summed E-state index contributed by atoms with van der Waals surface area (Å²) in [5, 5.41) is 3.02. The Morgan fingerprint density at radius 3 is 2.44 bits per heavy atom. The van der Waals surface area contributed by atoms with E-state index >= 15 is 0 Å². The fourth-order valence-corrected chi connectivity index (χ4v) is 1.69. The van der Waals surface area contributed by atoms with Crippen LogP contribution in [0.3, 0.4) is 0 Å². The maximum absolute atomic E-state index is 11.5. The number of likely N-dealkylation sites (N-methyl/N-ethyl adjacent to an activating group) is 1. The number of carbonyl (C=O) groups excluding carboxylic acids is 1. The number of amides is 1. The van der Waals surface area contributed by atoms with E-state index in [9.17, 15) is 4.79 Å². The second-order valence-corrected chi connectivity index (χ2v) is 4.20. The topological polar surface area (TPSA) is 58.4 Å². The summed E-state index contributed by atoms with van der Waals surface area (Å²) in [4.78, 5) is 13.8. The molecule has 0 aliphatic heterocycles. The van der Waals surface area contributed by atoms with Gasteiger partial charge in [0, 0.05) is 19.0 Å². The van der Waals surface area contributed by atoms with Crippen molar-refractivity contribution in [3.05, 3.63) is 0 Å². The summed E-state index contributed by atoms with van der Waals surface area (Å²) in [5.41, 5.74) is 5.38. The molecule has 3 N–H and O–H groups in total. The number of unbranched alkanes of at least 4 members (excludes halogenated alkanes) is 1. The molecule has 96 valence electrons. The molecule has 16 heavy (non-hydrogen) atoms. The fourth-order valence-electron chi connectivity index (χ4n) is 1.69. The predicted molar refractivity (Wildman–Crippen MR) is 68.3 cm³/mol. The van der Waals surface area contributed by atoms with Gasteiger partial charge in [-0.25, -0.2) is 0 Å². The summed E-state index contributed by atoms with van der Waals surface area (Å²) in [6.07, 6.45) is 2.41. The lowest BCUT2D eigenvalue weighted by molar-refractivity contribution is -0.121. The van der Waals surface area contributed by atoms with Gasteiger partial charge in [-0.2, -0.15) is 0 Å². The van der Waals surface area contributed by atoms with Crippen LogP contribution in [0.4, 0.5) is 0 Å². The van der Waals surface area contributed by atoms with Gasteiger partial charge in [0.1, 0.15) is 0 Å². The van der Waals surface area contributed by atoms with Gasteiger partial charge in [0.05, 0.1) is 0 Å². The highest BCUT2D eigenvalue weighted by molar-refractivity contribution is 5.76. The summed E-state index contributed by atoms with van der Waals surface area (Å²) in [7, 11) is 0. The normalized spacial score (nSPS) is 12.8. The Hall–Kier alpha value is -0.610. The maximum Gasteiger partial charge on any atom is 0.220 e. The molecule has 0 rings (SSSR count). The molecule has 1 atom stereocenters. The molecule has 0 spiro atoms. The summed E-state index contributed by atoms with van der Waals surface area (Å²) < 4.78 is 0. The van der Waals surface area contributed by atoms with Crippen LogP contribution >= 0.6 is 0 Å². The summed E-state index contributed by atoms with van der Waals surface area (Å²) >= 11 is 0. The molecule has 0 aromatic rings. The zero-order valence-electron chi connectivity index (χ0n) is 11.0. The zero-order valence-corrected chi connectivity index (χ0v) is 11.0. The van der Waals surface area contributed by atoms with Crippen LogP contribution in [0.1, 0.15) is 40.0 Å². The molecule has 4 nitrogen and oxygen atoms in total. The van der Waals surface area contributed by atoms with Crippen molar-refractivity contribution in [2.75, 3.05) is 26.2 Å². The van der Waals surface area contributed by atoms with Gasteiger partial charge in [-0.3, -0.25) is 4.79 Å². The van der Waals surface area contributed by atoms with Crippen molar-refractivity contribution in [2.24, 2.45) is 5.73 Å². The Morgan fingerprint density at radius 2 is 1.94 bits per heavy atom. The molecule has 4 heteroatoms. The lowest BCUT2D eigenvalue weighted by Crippen LogP contribution is -2.41. The van der Waals surface area contributed by atoms with Gasteiger partial charge in [-0.15, -0.1) is 0 Å². The Labute approximate surface area is 99.6 Å². The van der Waals surface area contributed by atoms with Gasteiger partial charge in [0.15, 0.2) is 0 Å². The van der Waals surface area contributed by atoms with Crippen LogP contribution in [-0.4, -0.2) is 43.0 Å². The molecule has 0 heterocycles. The van der Waals surface area contributed by atoms with Crippen molar-refractivity contribution in [3.63, 3.8) is 0 Å². The van der Waals surface area contributed by atoms with Crippen LogP contribution in [0.5, 0.6) is 0 Å². The molecule has 0 radical (unpaired) electrons. The third-order valence-corrected chi connectivity index (χ3v) is 2.69. The van der Waals surface area contributed by atoms with E-state index < -0.39 is 0 Å². The first kappa shape index (κ1) is 15.4. The minimum Gasteiger partial charge on any atom is -0.352 e. The fraction of sp³-hybridized carbons (Fsp3) is 0.917. The molecule has 0 saturated heterocycles. The van der Waals surface area contributed by atoms with Gasteiger partial charge in [0.2, 0.25) is 5.91 Å². The standard InChI is InChI=1S/C12H27N3O/c1-4-15(5-2)10-11(3)14-12(16)8-6-7-9-13/h11H,4-10,13H2,1-3H3,(H,14,16). The van der Waals surface area contributed by atoms with Crippen molar-refractivity contribution in [1.29, 1.82) is 0 Å². The first-order chi connectivity index (χ1) is 7.63. The van der Waals surface area contributed by atoms with Gasteiger partial charge in [-0.05, 0) is 39.4 Å². The smallest absolute Gasteiger partial charge is 0.220 e. The van der Waals surface area contributed by atoms with E-state index in [4.69, 9.17) is 5.73 Å². The molecule has 1 amide bonds. The monoisotopic (exact) mass is 229 g/mol. The van der Waals surface area contributed by atoms with E-state index in [0.29, 0.717) is 13.0 Å². The number of nitrogens with zero attached hydrogens (tertiary/aromatic N) is 1. The van der Waals surface area contributed by atoms with E-state index in [1.54, 1.807) is 0 Å². The molecule has 0 fully saturated rings. The second-order valence-electron chi connectivity index (χ2n) is 4.20. The lowest BCUT2D eigenvalue weighted by Gasteiger charge is -2.23. The Bertz CT molecular complexity index is 181. The van der Waals surface area contributed by atoms with Crippen LogP contribution in [0, 0.1) is 0 Å². The van der Waals surface area contributed by atoms with E-state index in [2.05, 4.69) is 31.0 Å². The number of hydrogen-bond acceptors (Lipinski definition) is 3. The minimum absolute atomic E-state index is 0.146. The summed E-state index contributed by atoms with van der Waals surface area (Å²) in [6, 6.07) is 0.227. The van der Waals surface area contributed by atoms with Crippen LogP contribution in [-0.2, 0) is 4.79 Å². The highest BCUT2D eigenvalue weighted by atomic mass is 16.1. The van der Waals surface area contributed by atoms with Crippen LogP contribution in [0.25, 0.3) is 0 Å². The van der Waals surface area contributed by atoms with Crippen molar-refractivity contribution in [3.8, 4) is 0 Å². The molecule has 0 saturated carbocycles. The average Bonchev–Trinajstić information content (AvgIpc) is 2.26. The molecule has 0 aromatic carbocycles.